The number of benzene rings is 1. The van der Waals surface area contributed by atoms with Crippen molar-refractivity contribution in [3.8, 4) is 0 Å². The van der Waals surface area contributed by atoms with Crippen LogP contribution in [0.25, 0.3) is 0 Å². The van der Waals surface area contributed by atoms with Crippen molar-refractivity contribution in [1.29, 1.82) is 0 Å². The molecule has 1 atom stereocenters. The summed E-state index contributed by atoms with van der Waals surface area (Å²) in [5, 5.41) is 3.13. The Kier molecular flexibility index (Phi) is 4.52. The van der Waals surface area contributed by atoms with Crippen LogP contribution >= 0.6 is 15.9 Å². The van der Waals surface area contributed by atoms with Gasteiger partial charge in [-0.25, -0.2) is 8.78 Å². The normalized spacial score (nSPS) is 19.3. The first-order valence-corrected chi connectivity index (χ1v) is 7.03. The summed E-state index contributed by atoms with van der Waals surface area (Å²) < 4.78 is 27.1. The predicted octanol–water partition coefficient (Wildman–Crippen LogP) is 2.83. The van der Waals surface area contributed by atoms with Crippen LogP contribution in [0.5, 0.6) is 0 Å². The molecule has 0 spiro atoms. The molecular weight excluding hydrogens is 318 g/mol. The van der Waals surface area contributed by atoms with Crippen molar-refractivity contribution in [2.24, 2.45) is 0 Å². The third kappa shape index (κ3) is 2.95. The lowest BCUT2D eigenvalue weighted by Gasteiger charge is -2.19. The molecule has 1 unspecified atom stereocenters. The number of anilines is 1. The fourth-order valence-electron chi connectivity index (χ4n) is 2.20. The van der Waals surface area contributed by atoms with Crippen LogP contribution in [0.1, 0.15) is 19.8 Å². The summed E-state index contributed by atoms with van der Waals surface area (Å²) in [7, 11) is 0. The van der Waals surface area contributed by atoms with Crippen LogP contribution in [-0.2, 0) is 4.79 Å². The Morgan fingerprint density at radius 3 is 2.84 bits per heavy atom. The first-order chi connectivity index (χ1) is 9.04. The number of halogens is 3. The van der Waals surface area contributed by atoms with E-state index in [-0.39, 0.29) is 22.1 Å². The Morgan fingerprint density at radius 1 is 1.47 bits per heavy atom. The van der Waals surface area contributed by atoms with Crippen LogP contribution in [0.15, 0.2) is 16.6 Å². The summed E-state index contributed by atoms with van der Waals surface area (Å²) in [6.07, 6.45) is 1.56. The summed E-state index contributed by atoms with van der Waals surface area (Å²) in [6, 6.07) is 1.68. The van der Waals surface area contributed by atoms with Crippen LogP contribution in [-0.4, -0.2) is 25.0 Å². The van der Waals surface area contributed by atoms with Crippen molar-refractivity contribution < 1.29 is 13.6 Å². The van der Waals surface area contributed by atoms with Crippen molar-refractivity contribution in [1.82, 2.24) is 5.32 Å². The third-order valence-corrected chi connectivity index (χ3v) is 3.70. The molecule has 104 valence electrons. The monoisotopic (exact) mass is 332 g/mol. The van der Waals surface area contributed by atoms with Crippen LogP contribution in [0.4, 0.5) is 14.5 Å². The molecule has 0 bridgehead atoms. The molecular formula is C13H15BrF2N2O. The fourth-order valence-corrected chi connectivity index (χ4v) is 2.82. The second-order valence-electron chi connectivity index (χ2n) is 4.50. The number of carbonyl (C=O) groups excluding carboxylic acids is 1. The molecule has 1 N–H and O–H groups in total. The van der Waals surface area contributed by atoms with Crippen LogP contribution in [0.3, 0.4) is 0 Å². The maximum atomic E-state index is 13.8. The van der Waals surface area contributed by atoms with Crippen molar-refractivity contribution in [2.75, 3.05) is 18.0 Å². The van der Waals surface area contributed by atoms with Gasteiger partial charge in [0, 0.05) is 17.1 Å². The zero-order valence-corrected chi connectivity index (χ0v) is 12.1. The smallest absolute Gasteiger partial charge is 0.244 e. The molecule has 0 aromatic heterocycles. The molecule has 1 fully saturated rings. The molecule has 6 heteroatoms. The van der Waals surface area contributed by atoms with E-state index in [0.717, 1.165) is 19.0 Å². The van der Waals surface area contributed by atoms with Crippen molar-refractivity contribution >= 4 is 27.5 Å². The number of nitrogens with one attached hydrogen (secondary N) is 1. The zero-order chi connectivity index (χ0) is 14.0. The molecule has 0 aliphatic carbocycles. The molecule has 1 heterocycles. The maximum absolute atomic E-state index is 13.8. The molecule has 3 nitrogen and oxygen atoms in total. The fraction of sp³-hybridized carbons (Fsp3) is 0.462. The Bertz CT molecular complexity index is 473. The van der Waals surface area contributed by atoms with Gasteiger partial charge < -0.3 is 10.2 Å². The van der Waals surface area contributed by atoms with E-state index in [9.17, 15) is 13.6 Å². The van der Waals surface area contributed by atoms with E-state index in [0.29, 0.717) is 13.0 Å². The Balaban J connectivity index is 2.22. The average Bonchev–Trinajstić information content (AvgIpc) is 2.68. The summed E-state index contributed by atoms with van der Waals surface area (Å²) in [6.45, 7) is 3.19. The quantitative estimate of drug-likeness (QED) is 0.919. The summed E-state index contributed by atoms with van der Waals surface area (Å²) in [5.74, 6) is -1.56. The highest BCUT2D eigenvalue weighted by atomic mass is 79.9. The van der Waals surface area contributed by atoms with E-state index in [1.165, 1.54) is 11.0 Å². The van der Waals surface area contributed by atoms with Crippen LogP contribution in [0, 0.1) is 11.6 Å². The van der Waals surface area contributed by atoms with Crippen molar-refractivity contribution in [3.05, 3.63) is 28.2 Å². The number of carbonyl (C=O) groups is 1. The lowest BCUT2D eigenvalue weighted by atomic mass is 10.2. The number of rotatable bonds is 4. The first-order valence-electron chi connectivity index (χ1n) is 6.24. The van der Waals surface area contributed by atoms with E-state index >= 15 is 0 Å². The van der Waals surface area contributed by atoms with Crippen LogP contribution < -0.4 is 10.2 Å². The molecule has 1 aromatic carbocycles. The number of amides is 1. The first kappa shape index (κ1) is 14.4. The molecule has 19 heavy (non-hydrogen) atoms. The molecule has 1 aromatic rings. The number of hydrogen-bond acceptors (Lipinski definition) is 2. The minimum Gasteiger partial charge on any atom is -0.307 e. The SMILES string of the molecule is CCCNC1CCN(c2c(F)cc(F)cc2Br)C1=O. The van der Waals surface area contributed by atoms with Gasteiger partial charge in [-0.05, 0) is 41.4 Å². The number of nitrogens with zero attached hydrogens (tertiary/aromatic N) is 1. The minimum atomic E-state index is -0.726. The summed E-state index contributed by atoms with van der Waals surface area (Å²) in [4.78, 5) is 13.6. The van der Waals surface area contributed by atoms with Crippen LogP contribution in [0.2, 0.25) is 0 Å². The molecule has 1 saturated heterocycles. The van der Waals surface area contributed by atoms with E-state index in [1.54, 1.807) is 0 Å². The predicted molar refractivity (Wildman–Crippen MR) is 73.1 cm³/mol. The zero-order valence-electron chi connectivity index (χ0n) is 10.5. The van der Waals surface area contributed by atoms with E-state index in [1.807, 2.05) is 6.92 Å². The largest absolute Gasteiger partial charge is 0.307 e. The molecule has 0 radical (unpaired) electrons. The third-order valence-electron chi connectivity index (χ3n) is 3.10. The Hall–Kier alpha value is -1.01. The van der Waals surface area contributed by atoms with E-state index < -0.39 is 11.6 Å². The molecule has 1 aliphatic heterocycles. The van der Waals surface area contributed by atoms with Gasteiger partial charge in [0.25, 0.3) is 0 Å². The topological polar surface area (TPSA) is 32.3 Å². The van der Waals surface area contributed by atoms with Gasteiger partial charge in [-0.1, -0.05) is 6.92 Å². The number of hydrogen-bond donors (Lipinski definition) is 1. The average molecular weight is 333 g/mol. The Morgan fingerprint density at radius 2 is 2.21 bits per heavy atom. The minimum absolute atomic E-state index is 0.118. The molecule has 2 rings (SSSR count). The maximum Gasteiger partial charge on any atom is 0.244 e. The second kappa shape index (κ2) is 5.96. The van der Waals surface area contributed by atoms with Crippen molar-refractivity contribution in [2.45, 2.75) is 25.8 Å². The van der Waals surface area contributed by atoms with Gasteiger partial charge in [0.2, 0.25) is 5.91 Å². The van der Waals surface area contributed by atoms with Gasteiger partial charge in [-0.15, -0.1) is 0 Å². The van der Waals surface area contributed by atoms with E-state index in [4.69, 9.17) is 0 Å². The molecule has 0 saturated carbocycles. The van der Waals surface area contributed by atoms with Gasteiger partial charge >= 0.3 is 0 Å². The van der Waals surface area contributed by atoms with Gasteiger partial charge in [0.15, 0.2) is 5.82 Å². The molecule has 1 amide bonds. The highest BCUT2D eigenvalue weighted by Gasteiger charge is 2.34. The Labute approximate surface area is 119 Å². The van der Waals surface area contributed by atoms with Gasteiger partial charge in [0.1, 0.15) is 5.82 Å². The standard InChI is InChI=1S/C13H15BrF2N2O/c1-2-4-17-11-3-5-18(13(11)19)12-9(14)6-8(15)7-10(12)16/h6-7,11,17H,2-5H2,1H3. The highest BCUT2D eigenvalue weighted by Crippen LogP contribution is 2.33. The summed E-state index contributed by atoms with van der Waals surface area (Å²) >= 11 is 3.11. The second-order valence-corrected chi connectivity index (χ2v) is 5.36. The van der Waals surface area contributed by atoms with Gasteiger partial charge in [0.05, 0.1) is 11.7 Å². The molecule has 1 aliphatic rings. The summed E-state index contributed by atoms with van der Waals surface area (Å²) in [5.41, 5.74) is 0.118. The van der Waals surface area contributed by atoms with Crippen molar-refractivity contribution in [3.63, 3.8) is 0 Å². The lowest BCUT2D eigenvalue weighted by molar-refractivity contribution is -0.118. The lowest BCUT2D eigenvalue weighted by Crippen LogP contribution is -2.39. The highest BCUT2D eigenvalue weighted by molar-refractivity contribution is 9.10. The van der Waals surface area contributed by atoms with Gasteiger partial charge in [-0.2, -0.15) is 0 Å². The van der Waals surface area contributed by atoms with Gasteiger partial charge in [-0.3, -0.25) is 4.79 Å². The van der Waals surface area contributed by atoms with E-state index in [2.05, 4.69) is 21.2 Å².